The summed E-state index contributed by atoms with van der Waals surface area (Å²) in [5.41, 5.74) is 3.39. The van der Waals surface area contributed by atoms with Crippen LogP contribution in [-0.4, -0.2) is 51.1 Å². The molecule has 35 heavy (non-hydrogen) atoms. The van der Waals surface area contributed by atoms with Crippen LogP contribution in [0.1, 0.15) is 11.3 Å². The molecule has 3 aromatic heterocycles. The second-order valence-electron chi connectivity index (χ2n) is 8.16. The number of aromatic nitrogens is 4. The van der Waals surface area contributed by atoms with Gasteiger partial charge < -0.3 is 25.0 Å². The van der Waals surface area contributed by atoms with Gasteiger partial charge in [0.05, 0.1) is 13.3 Å². The fourth-order valence-corrected chi connectivity index (χ4v) is 3.93. The lowest BCUT2D eigenvalue weighted by molar-refractivity contribution is -0.111. The van der Waals surface area contributed by atoms with Gasteiger partial charge in [-0.05, 0) is 36.9 Å². The fourth-order valence-electron chi connectivity index (χ4n) is 3.93. The number of pyridine rings is 1. The SMILES string of the molecule is C=CC(=O)Nc1cccc(Oc2cc(Nc3nc4c(cc3OC)CN(C)CC4)nc3ccnn23)c1. The van der Waals surface area contributed by atoms with Crippen LogP contribution in [0, 0.1) is 0 Å². The molecule has 10 heteroatoms. The number of carbonyl (C=O) groups excluding carboxylic acids is 1. The van der Waals surface area contributed by atoms with Gasteiger partial charge in [0.1, 0.15) is 11.6 Å². The number of hydrogen-bond donors (Lipinski definition) is 2. The first-order valence-electron chi connectivity index (χ1n) is 11.1. The minimum absolute atomic E-state index is 0.301. The Bertz CT molecular complexity index is 1420. The average Bonchev–Trinajstić information content (AvgIpc) is 3.33. The molecule has 0 unspecified atom stereocenters. The van der Waals surface area contributed by atoms with Crippen molar-refractivity contribution in [3.8, 4) is 17.4 Å². The number of amides is 1. The van der Waals surface area contributed by atoms with Gasteiger partial charge in [0.2, 0.25) is 11.8 Å². The summed E-state index contributed by atoms with van der Waals surface area (Å²) in [7, 11) is 3.72. The van der Waals surface area contributed by atoms with Crippen molar-refractivity contribution in [1.29, 1.82) is 0 Å². The van der Waals surface area contributed by atoms with Gasteiger partial charge in [-0.1, -0.05) is 12.6 Å². The minimum atomic E-state index is -0.301. The minimum Gasteiger partial charge on any atom is -0.493 e. The monoisotopic (exact) mass is 471 g/mol. The number of rotatable bonds is 7. The van der Waals surface area contributed by atoms with Crippen LogP contribution < -0.4 is 20.1 Å². The first-order chi connectivity index (χ1) is 17.0. The summed E-state index contributed by atoms with van der Waals surface area (Å²) in [6.45, 7) is 5.26. The summed E-state index contributed by atoms with van der Waals surface area (Å²) in [5.74, 6) is 2.42. The Morgan fingerprint density at radius 3 is 2.91 bits per heavy atom. The Morgan fingerprint density at radius 1 is 1.20 bits per heavy atom. The molecule has 178 valence electrons. The predicted molar refractivity (Wildman–Crippen MR) is 132 cm³/mol. The van der Waals surface area contributed by atoms with Crippen LogP contribution in [-0.2, 0) is 17.8 Å². The molecule has 1 aromatic carbocycles. The smallest absolute Gasteiger partial charge is 0.247 e. The van der Waals surface area contributed by atoms with Gasteiger partial charge in [-0.3, -0.25) is 4.79 Å². The Morgan fingerprint density at radius 2 is 2.09 bits per heavy atom. The largest absolute Gasteiger partial charge is 0.493 e. The van der Waals surface area contributed by atoms with E-state index in [1.165, 1.54) is 6.08 Å². The molecule has 0 saturated heterocycles. The van der Waals surface area contributed by atoms with Crippen LogP contribution in [0.15, 0.2) is 61.3 Å². The van der Waals surface area contributed by atoms with E-state index in [9.17, 15) is 4.79 Å². The quantitative estimate of drug-likeness (QED) is 0.392. The molecule has 10 nitrogen and oxygen atoms in total. The number of fused-ring (bicyclic) bond motifs is 2. The number of likely N-dealkylation sites (N-methyl/N-ethyl adjacent to an activating group) is 1. The normalized spacial score (nSPS) is 13.2. The van der Waals surface area contributed by atoms with Gasteiger partial charge in [0, 0.05) is 49.1 Å². The summed E-state index contributed by atoms with van der Waals surface area (Å²) in [4.78, 5) is 23.4. The number of nitrogens with zero attached hydrogens (tertiary/aromatic N) is 5. The molecule has 0 radical (unpaired) electrons. The van der Waals surface area contributed by atoms with Crippen molar-refractivity contribution in [1.82, 2.24) is 24.5 Å². The maximum Gasteiger partial charge on any atom is 0.247 e. The highest BCUT2D eigenvalue weighted by molar-refractivity contribution is 5.98. The van der Waals surface area contributed by atoms with E-state index in [1.807, 2.05) is 6.07 Å². The standard InChI is InChI=1S/C25H25N7O3/c1-4-23(33)27-17-6-5-7-18(13-17)35-24-14-21(29-22-8-10-26-32(22)24)30-25-20(34-3)12-16-15-31(2)11-9-19(16)28-25/h4-8,10,12-14H,1,9,11,15H2,2-3H3,(H,27,33)(H,28,29,30). The highest BCUT2D eigenvalue weighted by Gasteiger charge is 2.19. The molecule has 0 fully saturated rings. The van der Waals surface area contributed by atoms with E-state index < -0.39 is 0 Å². The van der Waals surface area contributed by atoms with Crippen molar-refractivity contribution in [2.75, 3.05) is 31.3 Å². The van der Waals surface area contributed by atoms with Crippen LogP contribution in [0.25, 0.3) is 5.65 Å². The molecule has 4 heterocycles. The van der Waals surface area contributed by atoms with E-state index in [0.29, 0.717) is 40.3 Å². The maximum absolute atomic E-state index is 11.6. The van der Waals surface area contributed by atoms with Gasteiger partial charge in [0.25, 0.3) is 0 Å². The van der Waals surface area contributed by atoms with Crippen molar-refractivity contribution in [2.45, 2.75) is 13.0 Å². The topological polar surface area (TPSA) is 106 Å². The van der Waals surface area contributed by atoms with Crippen LogP contribution >= 0.6 is 0 Å². The maximum atomic E-state index is 11.6. The zero-order chi connectivity index (χ0) is 24.4. The number of carbonyl (C=O) groups is 1. The molecule has 0 spiro atoms. The molecule has 1 aliphatic heterocycles. The van der Waals surface area contributed by atoms with Crippen LogP contribution in [0.5, 0.6) is 17.4 Å². The lowest BCUT2D eigenvalue weighted by Crippen LogP contribution is -2.27. The molecular weight excluding hydrogens is 446 g/mol. The van der Waals surface area contributed by atoms with Crippen molar-refractivity contribution < 1.29 is 14.3 Å². The number of ether oxygens (including phenoxy) is 2. The average molecular weight is 472 g/mol. The second kappa shape index (κ2) is 9.43. The first kappa shape index (κ1) is 22.4. The number of hydrogen-bond acceptors (Lipinski definition) is 8. The second-order valence-corrected chi connectivity index (χ2v) is 8.16. The fraction of sp³-hybridized carbons (Fsp3) is 0.200. The van der Waals surface area contributed by atoms with Gasteiger partial charge in [-0.2, -0.15) is 9.61 Å². The molecule has 5 rings (SSSR count). The number of nitrogens with one attached hydrogen (secondary N) is 2. The van der Waals surface area contributed by atoms with E-state index in [1.54, 1.807) is 54.2 Å². The lowest BCUT2D eigenvalue weighted by Gasteiger charge is -2.25. The zero-order valence-corrected chi connectivity index (χ0v) is 19.5. The third-order valence-electron chi connectivity index (χ3n) is 5.63. The Hall–Kier alpha value is -4.44. The van der Waals surface area contributed by atoms with Gasteiger partial charge in [-0.25, -0.2) is 9.97 Å². The van der Waals surface area contributed by atoms with Crippen LogP contribution in [0.4, 0.5) is 17.3 Å². The van der Waals surface area contributed by atoms with E-state index >= 15 is 0 Å². The summed E-state index contributed by atoms with van der Waals surface area (Å²) in [6, 6.07) is 12.6. The summed E-state index contributed by atoms with van der Waals surface area (Å²) in [6.07, 6.45) is 3.73. The van der Waals surface area contributed by atoms with E-state index in [0.717, 1.165) is 30.8 Å². The van der Waals surface area contributed by atoms with Gasteiger partial charge >= 0.3 is 0 Å². The molecular formula is C25H25N7O3. The van der Waals surface area contributed by atoms with Crippen molar-refractivity contribution >= 4 is 28.9 Å². The Labute approximate surface area is 202 Å². The van der Waals surface area contributed by atoms with E-state index in [2.05, 4.69) is 39.2 Å². The molecule has 0 saturated carbocycles. The van der Waals surface area contributed by atoms with Crippen molar-refractivity contribution in [3.63, 3.8) is 0 Å². The number of methoxy groups -OCH3 is 1. The lowest BCUT2D eigenvalue weighted by atomic mass is 10.1. The van der Waals surface area contributed by atoms with Crippen molar-refractivity contribution in [2.24, 2.45) is 0 Å². The predicted octanol–water partition coefficient (Wildman–Crippen LogP) is 3.78. The third kappa shape index (κ3) is 4.78. The summed E-state index contributed by atoms with van der Waals surface area (Å²) < 4.78 is 13.3. The van der Waals surface area contributed by atoms with Crippen LogP contribution in [0.2, 0.25) is 0 Å². The van der Waals surface area contributed by atoms with E-state index in [4.69, 9.17) is 14.5 Å². The zero-order valence-electron chi connectivity index (χ0n) is 19.5. The molecule has 0 atom stereocenters. The Balaban J connectivity index is 1.46. The molecule has 0 aliphatic carbocycles. The molecule has 0 bridgehead atoms. The number of anilines is 3. The highest BCUT2D eigenvalue weighted by Crippen LogP contribution is 2.32. The van der Waals surface area contributed by atoms with E-state index in [-0.39, 0.29) is 5.91 Å². The third-order valence-corrected chi connectivity index (χ3v) is 5.63. The van der Waals surface area contributed by atoms with Gasteiger partial charge in [0.15, 0.2) is 17.2 Å². The Kier molecular flexibility index (Phi) is 6.02. The van der Waals surface area contributed by atoms with Gasteiger partial charge in [-0.15, -0.1) is 0 Å². The van der Waals surface area contributed by atoms with Crippen LogP contribution in [0.3, 0.4) is 0 Å². The molecule has 4 aromatic rings. The summed E-state index contributed by atoms with van der Waals surface area (Å²) in [5, 5.41) is 10.3. The first-order valence-corrected chi connectivity index (χ1v) is 11.1. The molecule has 1 aliphatic rings. The number of benzene rings is 1. The molecule has 2 N–H and O–H groups in total. The van der Waals surface area contributed by atoms with Crippen molar-refractivity contribution in [3.05, 3.63) is 72.6 Å². The summed E-state index contributed by atoms with van der Waals surface area (Å²) >= 11 is 0. The highest BCUT2D eigenvalue weighted by atomic mass is 16.5. The molecule has 1 amide bonds.